The molecule has 0 saturated carbocycles. The fraction of sp³-hybridized carbons (Fsp3) is 0.423. The minimum absolute atomic E-state index is 0.261. The largest absolute Gasteiger partial charge is 0.491 e. The SMILES string of the molecule is Clc1ccc(C2(Cn3ccnc3)OCC(COc3ccc(SCCN4CCOCC4)cc3)O2)c(Cl)c1. The highest BCUT2D eigenvalue weighted by Crippen LogP contribution is 2.40. The second-order valence-electron chi connectivity index (χ2n) is 8.75. The fourth-order valence-corrected chi connectivity index (χ4v) is 5.78. The molecule has 3 aromatic rings. The molecule has 0 aliphatic carbocycles. The maximum absolute atomic E-state index is 6.54. The number of hydrogen-bond donors (Lipinski definition) is 0. The average molecular weight is 551 g/mol. The third-order valence-corrected chi connectivity index (χ3v) is 7.73. The van der Waals surface area contributed by atoms with Crippen LogP contribution < -0.4 is 4.74 Å². The maximum Gasteiger partial charge on any atom is 0.215 e. The number of benzene rings is 2. The second-order valence-corrected chi connectivity index (χ2v) is 10.8. The standard InChI is InChI=1S/C26H29Cl2N3O4S/c27-20-1-6-24(25(28)15-20)26(18-31-8-7-29-19-31)34-17-22(35-26)16-33-21-2-4-23(5-3-21)36-14-11-30-9-12-32-13-10-30/h1-8,15,19,22H,9-14,16-18H2. The number of hydrogen-bond acceptors (Lipinski definition) is 7. The third kappa shape index (κ3) is 6.55. The molecular weight excluding hydrogens is 521 g/mol. The fourth-order valence-electron chi connectivity index (χ4n) is 4.31. The Morgan fingerprint density at radius 1 is 1.11 bits per heavy atom. The summed E-state index contributed by atoms with van der Waals surface area (Å²) in [6.45, 7) is 5.94. The van der Waals surface area contributed by atoms with Crippen LogP contribution in [-0.4, -0.2) is 72.4 Å². The lowest BCUT2D eigenvalue weighted by atomic mass is 10.1. The Morgan fingerprint density at radius 3 is 2.69 bits per heavy atom. The molecule has 2 unspecified atom stereocenters. The molecule has 0 bridgehead atoms. The van der Waals surface area contributed by atoms with Crippen LogP contribution in [0.5, 0.6) is 5.75 Å². The Labute approximate surface area is 225 Å². The lowest BCUT2D eigenvalue weighted by Crippen LogP contribution is -2.37. The Kier molecular flexibility index (Phi) is 8.74. The van der Waals surface area contributed by atoms with Crippen LogP contribution >= 0.6 is 35.0 Å². The number of halogens is 2. The zero-order chi connectivity index (χ0) is 24.8. The van der Waals surface area contributed by atoms with Gasteiger partial charge in [-0.15, -0.1) is 11.8 Å². The van der Waals surface area contributed by atoms with Gasteiger partial charge < -0.3 is 23.5 Å². The summed E-state index contributed by atoms with van der Waals surface area (Å²) in [5.74, 6) is 0.796. The van der Waals surface area contributed by atoms with Crippen molar-refractivity contribution in [2.24, 2.45) is 0 Å². The number of imidazole rings is 1. The first-order valence-electron chi connectivity index (χ1n) is 12.0. The van der Waals surface area contributed by atoms with Gasteiger partial charge in [0, 0.05) is 53.3 Å². The quantitative estimate of drug-likeness (QED) is 0.331. The van der Waals surface area contributed by atoms with Crippen molar-refractivity contribution in [2.45, 2.75) is 23.3 Å². The van der Waals surface area contributed by atoms with Crippen molar-refractivity contribution in [3.05, 3.63) is 76.8 Å². The molecule has 0 radical (unpaired) electrons. The Bertz CT molecular complexity index is 1110. The van der Waals surface area contributed by atoms with Gasteiger partial charge in [-0.25, -0.2) is 4.98 Å². The van der Waals surface area contributed by atoms with E-state index in [2.05, 4.69) is 22.0 Å². The molecule has 2 fully saturated rings. The van der Waals surface area contributed by atoms with Crippen molar-refractivity contribution < 1.29 is 18.9 Å². The summed E-state index contributed by atoms with van der Waals surface area (Å²) >= 11 is 14.5. The van der Waals surface area contributed by atoms with E-state index in [9.17, 15) is 0 Å². The molecule has 5 rings (SSSR count). The van der Waals surface area contributed by atoms with Gasteiger partial charge >= 0.3 is 0 Å². The molecule has 192 valence electrons. The summed E-state index contributed by atoms with van der Waals surface area (Å²) in [5, 5.41) is 1.05. The van der Waals surface area contributed by atoms with Gasteiger partial charge in [-0.05, 0) is 36.4 Å². The van der Waals surface area contributed by atoms with Gasteiger partial charge in [0.25, 0.3) is 0 Å². The molecular formula is C26H29Cl2N3O4S. The highest BCUT2D eigenvalue weighted by Gasteiger charge is 2.45. The smallest absolute Gasteiger partial charge is 0.215 e. The number of nitrogens with zero attached hydrogens (tertiary/aromatic N) is 3. The molecule has 3 heterocycles. The third-order valence-electron chi connectivity index (χ3n) is 6.19. The molecule has 2 saturated heterocycles. The summed E-state index contributed by atoms with van der Waals surface area (Å²) < 4.78 is 26.1. The van der Waals surface area contributed by atoms with Gasteiger partial charge in [-0.3, -0.25) is 4.90 Å². The van der Waals surface area contributed by atoms with E-state index < -0.39 is 5.79 Å². The number of ether oxygens (including phenoxy) is 4. The van der Waals surface area contributed by atoms with Crippen molar-refractivity contribution in [1.82, 2.24) is 14.5 Å². The Morgan fingerprint density at radius 2 is 1.94 bits per heavy atom. The van der Waals surface area contributed by atoms with Crippen LogP contribution in [0.3, 0.4) is 0 Å². The number of rotatable bonds is 10. The van der Waals surface area contributed by atoms with Gasteiger partial charge in [0.15, 0.2) is 0 Å². The minimum Gasteiger partial charge on any atom is -0.491 e. The van der Waals surface area contributed by atoms with Crippen molar-refractivity contribution in [3.63, 3.8) is 0 Å². The first-order valence-corrected chi connectivity index (χ1v) is 13.7. The van der Waals surface area contributed by atoms with Gasteiger partial charge in [0.05, 0.1) is 37.7 Å². The molecule has 0 N–H and O–H groups in total. The molecule has 2 aliphatic rings. The van der Waals surface area contributed by atoms with E-state index in [0.29, 0.717) is 29.8 Å². The summed E-state index contributed by atoms with van der Waals surface area (Å²) in [6, 6.07) is 13.5. The number of thioether (sulfide) groups is 1. The van der Waals surface area contributed by atoms with E-state index in [0.717, 1.165) is 49.9 Å². The van der Waals surface area contributed by atoms with E-state index in [1.807, 2.05) is 40.7 Å². The lowest BCUT2D eigenvalue weighted by molar-refractivity contribution is -0.189. The van der Waals surface area contributed by atoms with Crippen LogP contribution in [-0.2, 0) is 26.5 Å². The van der Waals surface area contributed by atoms with E-state index in [4.69, 9.17) is 42.1 Å². The predicted molar refractivity (Wildman–Crippen MR) is 141 cm³/mol. The van der Waals surface area contributed by atoms with Gasteiger partial charge in [-0.2, -0.15) is 0 Å². The zero-order valence-electron chi connectivity index (χ0n) is 19.9. The first-order chi connectivity index (χ1) is 17.6. The van der Waals surface area contributed by atoms with Crippen LogP contribution in [0.15, 0.2) is 66.1 Å². The number of morpholine rings is 1. The van der Waals surface area contributed by atoms with Gasteiger partial charge in [0.1, 0.15) is 18.5 Å². The lowest BCUT2D eigenvalue weighted by Gasteiger charge is -2.30. The second kappa shape index (κ2) is 12.2. The first kappa shape index (κ1) is 25.9. The highest BCUT2D eigenvalue weighted by atomic mass is 35.5. The molecule has 0 amide bonds. The van der Waals surface area contributed by atoms with Crippen molar-refractivity contribution in [2.75, 3.05) is 51.8 Å². The van der Waals surface area contributed by atoms with Crippen molar-refractivity contribution >= 4 is 35.0 Å². The molecule has 2 atom stereocenters. The topological polar surface area (TPSA) is 58.0 Å². The van der Waals surface area contributed by atoms with Crippen LogP contribution in [0.1, 0.15) is 5.56 Å². The molecule has 2 aromatic carbocycles. The Balaban J connectivity index is 1.16. The van der Waals surface area contributed by atoms with Crippen LogP contribution in [0, 0.1) is 0 Å². The summed E-state index contributed by atoms with van der Waals surface area (Å²) in [6.07, 6.45) is 5.05. The monoisotopic (exact) mass is 549 g/mol. The van der Waals surface area contributed by atoms with Gasteiger partial charge in [0.2, 0.25) is 5.79 Å². The molecule has 36 heavy (non-hydrogen) atoms. The molecule has 7 nitrogen and oxygen atoms in total. The van der Waals surface area contributed by atoms with Crippen LogP contribution in [0.4, 0.5) is 0 Å². The molecule has 1 aromatic heterocycles. The zero-order valence-corrected chi connectivity index (χ0v) is 22.2. The Hall–Kier alpha value is -1.78. The maximum atomic E-state index is 6.54. The van der Waals surface area contributed by atoms with E-state index in [-0.39, 0.29) is 6.10 Å². The molecule has 10 heteroatoms. The predicted octanol–water partition coefficient (Wildman–Crippen LogP) is 4.96. The van der Waals surface area contributed by atoms with Crippen LogP contribution in [0.2, 0.25) is 10.0 Å². The van der Waals surface area contributed by atoms with E-state index in [1.54, 1.807) is 24.7 Å². The van der Waals surface area contributed by atoms with E-state index >= 15 is 0 Å². The highest BCUT2D eigenvalue weighted by molar-refractivity contribution is 7.99. The van der Waals surface area contributed by atoms with Gasteiger partial charge in [-0.1, -0.05) is 29.3 Å². The van der Waals surface area contributed by atoms with E-state index in [1.165, 1.54) is 4.90 Å². The number of aromatic nitrogens is 2. The normalized spacial score (nSPS) is 22.7. The van der Waals surface area contributed by atoms with Crippen LogP contribution in [0.25, 0.3) is 0 Å². The summed E-state index contributed by atoms with van der Waals surface area (Å²) in [4.78, 5) is 7.81. The average Bonchev–Trinajstić information content (AvgIpc) is 3.55. The minimum atomic E-state index is -1.06. The summed E-state index contributed by atoms with van der Waals surface area (Å²) in [5.41, 5.74) is 0.725. The summed E-state index contributed by atoms with van der Waals surface area (Å²) in [7, 11) is 0. The van der Waals surface area contributed by atoms with Crippen molar-refractivity contribution in [1.29, 1.82) is 0 Å². The molecule has 0 spiro atoms. The molecule has 2 aliphatic heterocycles. The van der Waals surface area contributed by atoms with Crippen molar-refractivity contribution in [3.8, 4) is 5.75 Å².